The van der Waals surface area contributed by atoms with Gasteiger partial charge < -0.3 is 4.52 Å². The van der Waals surface area contributed by atoms with E-state index in [1.807, 2.05) is 32.9 Å². The number of hydrogen-bond acceptors (Lipinski definition) is 4. The van der Waals surface area contributed by atoms with Crippen LogP contribution in [-0.2, 0) is 0 Å². The summed E-state index contributed by atoms with van der Waals surface area (Å²) in [6, 6.07) is 6.93. The van der Waals surface area contributed by atoms with Crippen LogP contribution >= 0.6 is 0 Å². The highest BCUT2D eigenvalue weighted by Crippen LogP contribution is 2.39. The molecule has 1 heterocycles. The molecule has 0 aliphatic heterocycles. The molecular formula is C18H24FN3O. The minimum absolute atomic E-state index is 0.0364. The lowest BCUT2D eigenvalue weighted by molar-refractivity contribution is 0.207. The van der Waals surface area contributed by atoms with E-state index in [-0.39, 0.29) is 23.8 Å². The minimum Gasteiger partial charge on any atom is -0.338 e. The molecule has 5 heteroatoms. The Hall–Kier alpha value is -1.75. The maximum absolute atomic E-state index is 13.2. The van der Waals surface area contributed by atoms with Crippen LogP contribution in [0, 0.1) is 11.7 Å². The molecule has 2 atom stereocenters. The Balaban J connectivity index is 1.76. The predicted molar refractivity (Wildman–Crippen MR) is 86.4 cm³/mol. The van der Waals surface area contributed by atoms with Gasteiger partial charge in [-0.2, -0.15) is 4.98 Å². The molecule has 1 aliphatic rings. The fourth-order valence-corrected chi connectivity index (χ4v) is 2.95. The van der Waals surface area contributed by atoms with Crippen LogP contribution < -0.4 is 5.32 Å². The Morgan fingerprint density at radius 1 is 1.17 bits per heavy atom. The molecule has 1 aromatic heterocycles. The van der Waals surface area contributed by atoms with Crippen molar-refractivity contribution in [2.75, 3.05) is 0 Å². The van der Waals surface area contributed by atoms with E-state index in [9.17, 15) is 4.39 Å². The summed E-state index contributed by atoms with van der Waals surface area (Å²) in [5.41, 5.74) is 1.12. The Labute approximate surface area is 136 Å². The fourth-order valence-electron chi connectivity index (χ4n) is 2.95. The van der Waals surface area contributed by atoms with Crippen LogP contribution in [0.5, 0.6) is 0 Å². The molecule has 0 bridgehead atoms. The summed E-state index contributed by atoms with van der Waals surface area (Å²) in [4.78, 5) is 4.47. The van der Waals surface area contributed by atoms with Crippen molar-refractivity contribution in [1.29, 1.82) is 0 Å². The number of aromatic nitrogens is 2. The molecule has 1 aliphatic carbocycles. The highest BCUT2D eigenvalue weighted by Gasteiger charge is 2.30. The molecule has 1 fully saturated rings. The van der Waals surface area contributed by atoms with Gasteiger partial charge in [0.2, 0.25) is 5.89 Å². The second-order valence-electron chi connectivity index (χ2n) is 6.75. The lowest BCUT2D eigenvalue weighted by atomic mass is 9.77. The molecule has 0 amide bonds. The Bertz CT molecular complexity index is 634. The molecule has 1 aromatic carbocycles. The molecule has 0 unspecified atom stereocenters. The first-order valence-electron chi connectivity index (χ1n) is 8.39. The molecule has 0 saturated heterocycles. The number of rotatable bonds is 6. The van der Waals surface area contributed by atoms with Gasteiger partial charge in [0.05, 0.1) is 6.04 Å². The second kappa shape index (κ2) is 6.79. The highest BCUT2D eigenvalue weighted by molar-refractivity contribution is 5.21. The lowest BCUT2D eigenvalue weighted by Crippen LogP contribution is -2.34. The van der Waals surface area contributed by atoms with Gasteiger partial charge in [-0.1, -0.05) is 37.6 Å². The van der Waals surface area contributed by atoms with Crippen LogP contribution in [0.25, 0.3) is 0 Å². The summed E-state index contributed by atoms with van der Waals surface area (Å²) in [5.74, 6) is 1.97. The summed E-state index contributed by atoms with van der Waals surface area (Å²) < 4.78 is 18.6. The van der Waals surface area contributed by atoms with Gasteiger partial charge in [-0.15, -0.1) is 0 Å². The largest absolute Gasteiger partial charge is 0.338 e. The number of hydrogen-bond donors (Lipinski definition) is 1. The van der Waals surface area contributed by atoms with Crippen molar-refractivity contribution in [3.8, 4) is 0 Å². The number of benzene rings is 1. The Morgan fingerprint density at radius 3 is 2.39 bits per heavy atom. The van der Waals surface area contributed by atoms with Crippen LogP contribution in [0.3, 0.4) is 0 Å². The third-order valence-corrected chi connectivity index (χ3v) is 4.62. The third-order valence-electron chi connectivity index (χ3n) is 4.62. The maximum atomic E-state index is 13.2. The van der Waals surface area contributed by atoms with E-state index >= 15 is 0 Å². The fraction of sp³-hybridized carbons (Fsp3) is 0.556. The second-order valence-corrected chi connectivity index (χ2v) is 6.75. The van der Waals surface area contributed by atoms with Crippen LogP contribution in [0.15, 0.2) is 28.8 Å². The molecule has 0 radical (unpaired) electrons. The standard InChI is InChI=1S/C18H24FN3O/c1-11(2)17-21-18(23-22-17)12(3)20-16(13-5-4-6-13)14-7-9-15(19)10-8-14/h7-13,16,20H,4-6H2,1-3H3/t12-,16+/m0/s1. The van der Waals surface area contributed by atoms with Gasteiger partial charge in [-0.25, -0.2) is 4.39 Å². The zero-order valence-electron chi connectivity index (χ0n) is 13.9. The predicted octanol–water partition coefficient (Wildman–Crippen LogP) is 4.52. The van der Waals surface area contributed by atoms with Gasteiger partial charge in [0, 0.05) is 12.0 Å². The molecular weight excluding hydrogens is 293 g/mol. The van der Waals surface area contributed by atoms with Crippen molar-refractivity contribution in [3.63, 3.8) is 0 Å². The van der Waals surface area contributed by atoms with Crippen LogP contribution in [0.2, 0.25) is 0 Å². The first-order valence-corrected chi connectivity index (χ1v) is 8.39. The van der Waals surface area contributed by atoms with Crippen molar-refractivity contribution >= 4 is 0 Å². The summed E-state index contributed by atoms with van der Waals surface area (Å²) >= 11 is 0. The smallest absolute Gasteiger partial charge is 0.243 e. The van der Waals surface area contributed by atoms with Gasteiger partial charge in [-0.05, 0) is 43.4 Å². The first kappa shape index (κ1) is 16.1. The minimum atomic E-state index is -0.201. The summed E-state index contributed by atoms with van der Waals surface area (Å²) in [5, 5.41) is 7.64. The number of halogens is 1. The molecule has 2 aromatic rings. The van der Waals surface area contributed by atoms with E-state index in [0.717, 1.165) is 11.4 Å². The number of nitrogens with one attached hydrogen (secondary N) is 1. The third kappa shape index (κ3) is 3.61. The Morgan fingerprint density at radius 2 is 1.87 bits per heavy atom. The lowest BCUT2D eigenvalue weighted by Gasteiger charge is -2.36. The maximum Gasteiger partial charge on any atom is 0.243 e. The average molecular weight is 317 g/mol. The van der Waals surface area contributed by atoms with E-state index in [0.29, 0.717) is 11.8 Å². The van der Waals surface area contributed by atoms with Gasteiger partial charge in [0.15, 0.2) is 5.82 Å². The van der Waals surface area contributed by atoms with E-state index in [2.05, 4.69) is 15.5 Å². The topological polar surface area (TPSA) is 51.0 Å². The van der Waals surface area contributed by atoms with Crippen molar-refractivity contribution in [1.82, 2.24) is 15.5 Å². The summed E-state index contributed by atoms with van der Waals surface area (Å²) in [7, 11) is 0. The van der Waals surface area contributed by atoms with Crippen molar-refractivity contribution in [2.45, 2.75) is 58.0 Å². The molecule has 4 nitrogen and oxygen atoms in total. The zero-order valence-corrected chi connectivity index (χ0v) is 13.9. The average Bonchev–Trinajstić information content (AvgIpc) is 2.95. The van der Waals surface area contributed by atoms with E-state index < -0.39 is 0 Å². The van der Waals surface area contributed by atoms with Gasteiger partial charge in [0.1, 0.15) is 5.82 Å². The highest BCUT2D eigenvalue weighted by atomic mass is 19.1. The zero-order chi connectivity index (χ0) is 16.4. The van der Waals surface area contributed by atoms with Crippen molar-refractivity contribution < 1.29 is 8.91 Å². The van der Waals surface area contributed by atoms with Gasteiger partial charge >= 0.3 is 0 Å². The van der Waals surface area contributed by atoms with E-state index in [1.165, 1.54) is 31.4 Å². The van der Waals surface area contributed by atoms with Crippen LogP contribution in [-0.4, -0.2) is 10.1 Å². The Kier molecular flexibility index (Phi) is 4.76. The molecule has 23 heavy (non-hydrogen) atoms. The SMILES string of the molecule is CC(C)c1noc([C@H](C)N[C@@H](c2ccc(F)cc2)C2CCC2)n1. The van der Waals surface area contributed by atoms with Crippen LogP contribution in [0.4, 0.5) is 4.39 Å². The van der Waals surface area contributed by atoms with Crippen LogP contribution in [0.1, 0.15) is 75.3 Å². The summed E-state index contributed by atoms with van der Waals surface area (Å²) in [6.45, 7) is 6.12. The normalized spacial score (nSPS) is 18.0. The molecule has 0 spiro atoms. The van der Waals surface area contributed by atoms with E-state index in [4.69, 9.17) is 4.52 Å². The molecule has 1 saturated carbocycles. The number of nitrogens with zero attached hydrogens (tertiary/aromatic N) is 2. The molecule has 1 N–H and O–H groups in total. The van der Waals surface area contributed by atoms with Gasteiger partial charge in [0.25, 0.3) is 0 Å². The van der Waals surface area contributed by atoms with Crippen molar-refractivity contribution in [2.24, 2.45) is 5.92 Å². The van der Waals surface area contributed by atoms with Gasteiger partial charge in [-0.3, -0.25) is 5.32 Å². The first-order chi connectivity index (χ1) is 11.0. The molecule has 124 valence electrons. The molecule has 3 rings (SSSR count). The monoisotopic (exact) mass is 317 g/mol. The summed E-state index contributed by atoms with van der Waals surface area (Å²) in [6.07, 6.45) is 3.65. The quantitative estimate of drug-likeness (QED) is 0.851. The van der Waals surface area contributed by atoms with E-state index in [1.54, 1.807) is 0 Å². The van der Waals surface area contributed by atoms with Crippen molar-refractivity contribution in [3.05, 3.63) is 47.4 Å².